The molecule has 0 aliphatic rings. The molecule has 1 heterocycles. The number of amides is 1. The van der Waals surface area contributed by atoms with E-state index in [1.807, 2.05) is 42.5 Å². The Morgan fingerprint density at radius 3 is 2.41 bits per heavy atom. The highest BCUT2D eigenvalue weighted by Crippen LogP contribution is 2.40. The van der Waals surface area contributed by atoms with Crippen molar-refractivity contribution in [2.45, 2.75) is 5.22 Å². The van der Waals surface area contributed by atoms with Crippen molar-refractivity contribution in [1.82, 2.24) is 10.2 Å². The lowest BCUT2D eigenvalue weighted by Gasteiger charge is -2.14. The van der Waals surface area contributed by atoms with E-state index in [1.54, 1.807) is 12.1 Å². The van der Waals surface area contributed by atoms with Crippen LogP contribution < -0.4 is 19.5 Å². The Morgan fingerprint density at radius 2 is 1.69 bits per heavy atom. The van der Waals surface area contributed by atoms with Gasteiger partial charge in [0.25, 0.3) is 5.22 Å². The van der Waals surface area contributed by atoms with E-state index in [-0.39, 0.29) is 11.7 Å². The molecule has 9 heteroatoms. The lowest BCUT2D eigenvalue weighted by atomic mass is 10.0. The van der Waals surface area contributed by atoms with Gasteiger partial charge in [-0.05, 0) is 16.8 Å². The average Bonchev–Trinajstić information content (AvgIpc) is 3.30. The number of hydrogen-bond donors (Lipinski definition) is 1. The zero-order valence-electron chi connectivity index (χ0n) is 17.7. The number of fused-ring (bicyclic) bond motifs is 1. The fourth-order valence-corrected chi connectivity index (χ4v) is 3.83. The quantitative estimate of drug-likeness (QED) is 0.387. The molecule has 1 N–H and O–H groups in total. The van der Waals surface area contributed by atoms with E-state index in [0.29, 0.717) is 34.0 Å². The van der Waals surface area contributed by atoms with E-state index in [2.05, 4.69) is 15.5 Å². The van der Waals surface area contributed by atoms with E-state index < -0.39 is 0 Å². The molecule has 1 amide bonds. The highest BCUT2D eigenvalue weighted by Gasteiger charge is 2.16. The molecular weight excluding hydrogens is 430 g/mol. The van der Waals surface area contributed by atoms with Gasteiger partial charge in [-0.2, -0.15) is 0 Å². The summed E-state index contributed by atoms with van der Waals surface area (Å²) >= 11 is 1.16. The normalized spacial score (nSPS) is 10.7. The zero-order valence-corrected chi connectivity index (χ0v) is 18.6. The Labute approximate surface area is 188 Å². The van der Waals surface area contributed by atoms with Gasteiger partial charge in [0.15, 0.2) is 11.5 Å². The van der Waals surface area contributed by atoms with Crippen LogP contribution in [0.1, 0.15) is 0 Å². The molecule has 4 rings (SSSR count). The number of anilines is 1. The summed E-state index contributed by atoms with van der Waals surface area (Å²) in [4.78, 5) is 12.5. The summed E-state index contributed by atoms with van der Waals surface area (Å²) in [6.07, 6.45) is 0. The Morgan fingerprint density at radius 1 is 0.969 bits per heavy atom. The van der Waals surface area contributed by atoms with Crippen molar-refractivity contribution in [3.63, 3.8) is 0 Å². The van der Waals surface area contributed by atoms with Crippen molar-refractivity contribution < 1.29 is 23.4 Å². The van der Waals surface area contributed by atoms with Crippen molar-refractivity contribution in [3.05, 3.63) is 54.6 Å². The van der Waals surface area contributed by atoms with Crippen LogP contribution in [0.15, 0.2) is 64.2 Å². The third kappa shape index (κ3) is 4.47. The van der Waals surface area contributed by atoms with Gasteiger partial charge in [-0.3, -0.25) is 4.79 Å². The zero-order chi connectivity index (χ0) is 22.5. The largest absolute Gasteiger partial charge is 0.493 e. The second-order valence-electron chi connectivity index (χ2n) is 6.65. The molecule has 0 aliphatic carbocycles. The first-order chi connectivity index (χ1) is 15.6. The van der Waals surface area contributed by atoms with Gasteiger partial charge in [0.05, 0.1) is 27.1 Å². The van der Waals surface area contributed by atoms with E-state index in [0.717, 1.165) is 28.1 Å². The third-order valence-electron chi connectivity index (χ3n) is 4.70. The SMILES string of the molecule is COc1cc(NC(=O)CSc2nnc(-c3cccc4ccccc34)o2)cc(OC)c1OC. The van der Waals surface area contributed by atoms with Crippen molar-refractivity contribution in [2.75, 3.05) is 32.4 Å². The van der Waals surface area contributed by atoms with Gasteiger partial charge >= 0.3 is 0 Å². The molecule has 1 aromatic heterocycles. The molecule has 164 valence electrons. The molecule has 4 aromatic rings. The molecule has 0 saturated heterocycles. The van der Waals surface area contributed by atoms with Crippen molar-refractivity contribution in [3.8, 4) is 28.7 Å². The van der Waals surface area contributed by atoms with E-state index in [1.165, 1.54) is 21.3 Å². The van der Waals surface area contributed by atoms with E-state index in [4.69, 9.17) is 18.6 Å². The summed E-state index contributed by atoms with van der Waals surface area (Å²) in [5.74, 6) is 1.61. The minimum atomic E-state index is -0.241. The molecule has 0 bridgehead atoms. The molecule has 0 saturated carbocycles. The maximum Gasteiger partial charge on any atom is 0.277 e. The summed E-state index contributed by atoms with van der Waals surface area (Å²) in [6, 6.07) is 17.2. The highest BCUT2D eigenvalue weighted by molar-refractivity contribution is 7.99. The van der Waals surface area contributed by atoms with Crippen LogP contribution in [0.3, 0.4) is 0 Å². The lowest BCUT2D eigenvalue weighted by Crippen LogP contribution is -2.14. The van der Waals surface area contributed by atoms with Gasteiger partial charge in [0.1, 0.15) is 0 Å². The molecule has 0 atom stereocenters. The fourth-order valence-electron chi connectivity index (χ4n) is 3.27. The minimum Gasteiger partial charge on any atom is -0.493 e. The van der Waals surface area contributed by atoms with Gasteiger partial charge in [-0.25, -0.2) is 0 Å². The van der Waals surface area contributed by atoms with Gasteiger partial charge in [0.2, 0.25) is 17.5 Å². The van der Waals surface area contributed by atoms with Crippen LogP contribution in [0.25, 0.3) is 22.2 Å². The number of ether oxygens (including phenoxy) is 3. The molecule has 0 aliphatic heterocycles. The molecule has 32 heavy (non-hydrogen) atoms. The monoisotopic (exact) mass is 451 g/mol. The topological polar surface area (TPSA) is 95.7 Å². The molecule has 0 fully saturated rings. The van der Waals surface area contributed by atoms with Crippen LogP contribution in [-0.4, -0.2) is 43.2 Å². The minimum absolute atomic E-state index is 0.0911. The molecule has 8 nitrogen and oxygen atoms in total. The Hall–Kier alpha value is -3.72. The number of carbonyl (C=O) groups is 1. The summed E-state index contributed by atoms with van der Waals surface area (Å²) in [5, 5.41) is 13.4. The van der Waals surface area contributed by atoms with Crippen LogP contribution in [0.2, 0.25) is 0 Å². The predicted octanol–water partition coefficient (Wildman–Crippen LogP) is 4.65. The van der Waals surface area contributed by atoms with Crippen molar-refractivity contribution in [1.29, 1.82) is 0 Å². The fraction of sp³-hybridized carbons (Fsp3) is 0.174. The summed E-state index contributed by atoms with van der Waals surface area (Å²) in [7, 11) is 4.55. The number of hydrogen-bond acceptors (Lipinski definition) is 8. The number of methoxy groups -OCH3 is 3. The number of nitrogens with zero attached hydrogens (tertiary/aromatic N) is 2. The predicted molar refractivity (Wildman–Crippen MR) is 123 cm³/mol. The van der Waals surface area contributed by atoms with Crippen molar-refractivity contribution in [2.24, 2.45) is 0 Å². The van der Waals surface area contributed by atoms with Gasteiger partial charge in [0, 0.05) is 23.4 Å². The van der Waals surface area contributed by atoms with Crippen LogP contribution in [0.5, 0.6) is 17.2 Å². The molecular formula is C23H21N3O5S. The highest BCUT2D eigenvalue weighted by atomic mass is 32.2. The Kier molecular flexibility index (Phi) is 6.46. The lowest BCUT2D eigenvalue weighted by molar-refractivity contribution is -0.113. The average molecular weight is 452 g/mol. The molecule has 0 radical (unpaired) electrons. The van der Waals surface area contributed by atoms with Crippen LogP contribution in [0.4, 0.5) is 5.69 Å². The molecule has 0 unspecified atom stereocenters. The number of benzene rings is 3. The number of nitrogens with one attached hydrogen (secondary N) is 1. The van der Waals surface area contributed by atoms with Crippen molar-refractivity contribution >= 4 is 34.1 Å². The number of carbonyl (C=O) groups excluding carboxylic acids is 1. The summed E-state index contributed by atoms with van der Waals surface area (Å²) < 4.78 is 21.7. The van der Waals surface area contributed by atoms with Crippen LogP contribution >= 0.6 is 11.8 Å². The third-order valence-corrected chi connectivity index (χ3v) is 5.52. The first-order valence-corrected chi connectivity index (χ1v) is 10.7. The van der Waals surface area contributed by atoms with E-state index >= 15 is 0 Å². The van der Waals surface area contributed by atoms with Crippen LogP contribution in [0, 0.1) is 0 Å². The van der Waals surface area contributed by atoms with Crippen LogP contribution in [-0.2, 0) is 4.79 Å². The maximum atomic E-state index is 12.5. The summed E-state index contributed by atoms with van der Waals surface area (Å²) in [6.45, 7) is 0. The van der Waals surface area contributed by atoms with Gasteiger partial charge < -0.3 is 23.9 Å². The second-order valence-corrected chi connectivity index (χ2v) is 7.58. The Bertz CT molecular complexity index is 1230. The number of aromatic nitrogens is 2. The molecule has 3 aromatic carbocycles. The maximum absolute atomic E-state index is 12.5. The summed E-state index contributed by atoms with van der Waals surface area (Å²) in [5.41, 5.74) is 1.37. The first kappa shape index (κ1) is 21.5. The van der Waals surface area contributed by atoms with Gasteiger partial charge in [-0.1, -0.05) is 48.2 Å². The number of thioether (sulfide) groups is 1. The second kappa shape index (κ2) is 9.61. The standard InChI is InChI=1S/C23H21N3O5S/c1-28-18-11-15(12-19(29-2)21(18)30-3)24-20(27)13-32-23-26-25-22(31-23)17-10-6-8-14-7-4-5-9-16(14)17/h4-12H,13H2,1-3H3,(H,24,27). The first-order valence-electron chi connectivity index (χ1n) is 9.67. The van der Waals surface area contributed by atoms with Gasteiger partial charge in [-0.15, -0.1) is 10.2 Å². The smallest absolute Gasteiger partial charge is 0.277 e. The molecule has 0 spiro atoms. The number of rotatable bonds is 8. The Balaban J connectivity index is 1.44. The van der Waals surface area contributed by atoms with E-state index in [9.17, 15) is 4.79 Å².